The number of hydrogen-bond donors (Lipinski definition) is 0. The summed E-state index contributed by atoms with van der Waals surface area (Å²) >= 11 is 0. The number of nitrogens with zero attached hydrogens (tertiary/aromatic N) is 3. The van der Waals surface area contributed by atoms with E-state index in [1.807, 2.05) is 0 Å². The van der Waals surface area contributed by atoms with Crippen molar-refractivity contribution in [2.24, 2.45) is 0 Å². The van der Waals surface area contributed by atoms with Gasteiger partial charge < -0.3 is 4.74 Å². The number of halogens is 5. The molecule has 0 aliphatic carbocycles. The van der Waals surface area contributed by atoms with Gasteiger partial charge in [0.2, 0.25) is 0 Å². The minimum Gasteiger partial charge on any atom is -0.402 e. The second kappa shape index (κ2) is 5.48. The van der Waals surface area contributed by atoms with Gasteiger partial charge >= 0.3 is 6.36 Å². The molecular formula is C10H4F5N3O. The second-order valence-electron chi connectivity index (χ2n) is 3.17. The first-order chi connectivity index (χ1) is 8.78. The highest BCUT2D eigenvalue weighted by atomic mass is 19.4. The van der Waals surface area contributed by atoms with Gasteiger partial charge in [-0.1, -0.05) is 0 Å². The second-order valence-corrected chi connectivity index (χ2v) is 3.17. The minimum absolute atomic E-state index is 0.233. The van der Waals surface area contributed by atoms with Gasteiger partial charge in [-0.2, -0.15) is 10.5 Å². The van der Waals surface area contributed by atoms with Gasteiger partial charge in [0.25, 0.3) is 6.43 Å². The molecule has 0 aliphatic rings. The molecule has 0 unspecified atom stereocenters. The van der Waals surface area contributed by atoms with Crippen LogP contribution < -0.4 is 4.74 Å². The van der Waals surface area contributed by atoms with Crippen LogP contribution in [0.1, 0.15) is 23.4 Å². The minimum atomic E-state index is -5.23. The lowest BCUT2D eigenvalue weighted by atomic mass is 10.1. The highest BCUT2D eigenvalue weighted by Crippen LogP contribution is 2.34. The molecule has 0 spiro atoms. The topological polar surface area (TPSA) is 69.7 Å². The predicted octanol–water partition coefficient (Wildman–Crippen LogP) is 2.86. The van der Waals surface area contributed by atoms with Crippen molar-refractivity contribution in [3.05, 3.63) is 23.0 Å². The number of nitriles is 2. The molecule has 0 bridgehead atoms. The van der Waals surface area contributed by atoms with Crippen molar-refractivity contribution in [3.8, 4) is 17.9 Å². The Labute approximate surface area is 103 Å². The van der Waals surface area contributed by atoms with Crippen LogP contribution in [0.3, 0.4) is 0 Å². The molecule has 19 heavy (non-hydrogen) atoms. The number of hydrogen-bond acceptors (Lipinski definition) is 4. The molecule has 9 heteroatoms. The van der Waals surface area contributed by atoms with Gasteiger partial charge in [0, 0.05) is 0 Å². The third kappa shape index (κ3) is 3.78. The first kappa shape index (κ1) is 14.6. The summed E-state index contributed by atoms with van der Waals surface area (Å²) in [6.45, 7) is 0. The normalized spacial score (nSPS) is 10.9. The van der Waals surface area contributed by atoms with Crippen molar-refractivity contribution in [2.75, 3.05) is 0 Å². The molecular weight excluding hydrogens is 273 g/mol. The fourth-order valence-electron chi connectivity index (χ4n) is 1.23. The van der Waals surface area contributed by atoms with E-state index in [9.17, 15) is 22.0 Å². The molecule has 0 saturated carbocycles. The Morgan fingerprint density at radius 1 is 1.32 bits per heavy atom. The Bertz CT molecular complexity index is 556. The zero-order valence-electron chi connectivity index (χ0n) is 9.00. The predicted molar refractivity (Wildman–Crippen MR) is 49.9 cm³/mol. The van der Waals surface area contributed by atoms with E-state index in [-0.39, 0.29) is 5.69 Å². The Kier molecular flexibility index (Phi) is 4.22. The molecule has 100 valence electrons. The van der Waals surface area contributed by atoms with Gasteiger partial charge in [0.05, 0.1) is 23.7 Å². The van der Waals surface area contributed by atoms with Crippen LogP contribution in [0.5, 0.6) is 5.75 Å². The van der Waals surface area contributed by atoms with Crippen LogP contribution in [-0.2, 0) is 6.42 Å². The van der Waals surface area contributed by atoms with E-state index in [1.165, 1.54) is 6.07 Å². The SMILES string of the molecule is N#CCc1cc(C#N)c(OC(F)(F)F)c(C(F)F)n1. The highest BCUT2D eigenvalue weighted by Gasteiger charge is 2.35. The lowest BCUT2D eigenvalue weighted by Crippen LogP contribution is -2.20. The molecule has 0 fully saturated rings. The Morgan fingerprint density at radius 3 is 2.37 bits per heavy atom. The summed E-state index contributed by atoms with van der Waals surface area (Å²) in [6, 6.07) is 3.70. The molecule has 0 radical (unpaired) electrons. The van der Waals surface area contributed by atoms with E-state index in [1.54, 1.807) is 6.07 Å². The molecule has 1 aromatic heterocycles. The van der Waals surface area contributed by atoms with Crippen molar-refractivity contribution >= 4 is 0 Å². The summed E-state index contributed by atoms with van der Waals surface area (Å²) in [5.74, 6) is -1.34. The van der Waals surface area contributed by atoms with Gasteiger partial charge in [-0.25, -0.2) is 13.8 Å². The van der Waals surface area contributed by atoms with Crippen LogP contribution in [0.25, 0.3) is 0 Å². The zero-order chi connectivity index (χ0) is 14.6. The first-order valence-corrected chi connectivity index (χ1v) is 4.63. The standard InChI is InChI=1S/C10H4F5N3O/c11-9(12)7-8(19-10(13,14)15)5(4-17)3-6(18-7)1-2-16/h3,9H,1H2. The van der Waals surface area contributed by atoms with Crippen molar-refractivity contribution in [1.82, 2.24) is 4.98 Å². The molecule has 1 aromatic rings. The lowest BCUT2D eigenvalue weighted by Gasteiger charge is -2.14. The van der Waals surface area contributed by atoms with Gasteiger partial charge in [0.1, 0.15) is 6.07 Å². The zero-order valence-corrected chi connectivity index (χ0v) is 9.00. The van der Waals surface area contributed by atoms with Crippen LogP contribution in [0, 0.1) is 22.7 Å². The van der Waals surface area contributed by atoms with Crippen molar-refractivity contribution in [2.45, 2.75) is 19.2 Å². The molecule has 1 rings (SSSR count). The van der Waals surface area contributed by atoms with Crippen LogP contribution in [0.15, 0.2) is 6.07 Å². The number of pyridine rings is 1. The quantitative estimate of drug-likeness (QED) is 0.796. The maximum Gasteiger partial charge on any atom is 0.573 e. The molecule has 1 heterocycles. The molecule has 0 saturated heterocycles. The lowest BCUT2D eigenvalue weighted by molar-refractivity contribution is -0.275. The number of ether oxygens (including phenoxy) is 1. The van der Waals surface area contributed by atoms with E-state index >= 15 is 0 Å². The maximum atomic E-state index is 12.6. The smallest absolute Gasteiger partial charge is 0.402 e. The fourth-order valence-corrected chi connectivity index (χ4v) is 1.23. The summed E-state index contributed by atoms with van der Waals surface area (Å²) in [4.78, 5) is 3.21. The summed E-state index contributed by atoms with van der Waals surface area (Å²) in [7, 11) is 0. The summed E-state index contributed by atoms with van der Waals surface area (Å²) in [5, 5.41) is 17.1. The Morgan fingerprint density at radius 2 is 1.95 bits per heavy atom. The van der Waals surface area contributed by atoms with Gasteiger partial charge in [0.15, 0.2) is 11.4 Å². The average Bonchev–Trinajstić information content (AvgIpc) is 2.28. The van der Waals surface area contributed by atoms with Gasteiger partial charge in [-0.05, 0) is 6.07 Å². The van der Waals surface area contributed by atoms with Crippen LogP contribution in [0.4, 0.5) is 22.0 Å². The maximum absolute atomic E-state index is 12.6. The molecule has 0 atom stereocenters. The van der Waals surface area contributed by atoms with Gasteiger partial charge in [-0.3, -0.25) is 0 Å². The van der Waals surface area contributed by atoms with E-state index in [0.29, 0.717) is 0 Å². The molecule has 0 amide bonds. The number of rotatable bonds is 3. The molecule has 4 nitrogen and oxygen atoms in total. The Balaban J connectivity index is 3.42. The van der Waals surface area contributed by atoms with Crippen LogP contribution >= 0.6 is 0 Å². The van der Waals surface area contributed by atoms with E-state index in [0.717, 1.165) is 6.07 Å². The number of alkyl halides is 5. The molecule has 0 aromatic carbocycles. The average molecular weight is 277 g/mol. The van der Waals surface area contributed by atoms with Gasteiger partial charge in [-0.15, -0.1) is 13.2 Å². The number of aromatic nitrogens is 1. The van der Waals surface area contributed by atoms with Crippen LogP contribution in [-0.4, -0.2) is 11.3 Å². The van der Waals surface area contributed by atoms with Crippen LogP contribution in [0.2, 0.25) is 0 Å². The summed E-state index contributed by atoms with van der Waals surface area (Å²) in [5.41, 5.74) is -2.31. The van der Waals surface area contributed by atoms with E-state index < -0.39 is 36.2 Å². The summed E-state index contributed by atoms with van der Waals surface area (Å²) in [6.07, 6.45) is -9.02. The highest BCUT2D eigenvalue weighted by molar-refractivity contribution is 5.47. The fraction of sp³-hybridized carbons (Fsp3) is 0.300. The summed E-state index contributed by atoms with van der Waals surface area (Å²) < 4.78 is 65.0. The molecule has 0 aliphatic heterocycles. The third-order valence-electron chi connectivity index (χ3n) is 1.86. The van der Waals surface area contributed by atoms with E-state index in [4.69, 9.17) is 10.5 Å². The van der Waals surface area contributed by atoms with Crippen molar-refractivity contribution < 1.29 is 26.7 Å². The monoisotopic (exact) mass is 277 g/mol. The molecule has 0 N–H and O–H groups in total. The third-order valence-corrected chi connectivity index (χ3v) is 1.86. The van der Waals surface area contributed by atoms with E-state index in [2.05, 4.69) is 9.72 Å². The largest absolute Gasteiger partial charge is 0.573 e. The van der Waals surface area contributed by atoms with Crippen molar-refractivity contribution in [3.63, 3.8) is 0 Å². The Hall–Kier alpha value is -2.42. The first-order valence-electron chi connectivity index (χ1n) is 4.63. The van der Waals surface area contributed by atoms with Crippen molar-refractivity contribution in [1.29, 1.82) is 10.5 Å².